The van der Waals surface area contributed by atoms with Gasteiger partial charge in [-0.05, 0) is 34.1 Å². The highest BCUT2D eigenvalue weighted by Gasteiger charge is 2.18. The van der Waals surface area contributed by atoms with E-state index < -0.39 is 0 Å². The van der Waals surface area contributed by atoms with E-state index >= 15 is 0 Å². The number of nitrogens with two attached hydrogens (primary N) is 1. The van der Waals surface area contributed by atoms with Crippen LogP contribution in [0.4, 0.5) is 5.69 Å². The van der Waals surface area contributed by atoms with Gasteiger partial charge in [-0.2, -0.15) is 0 Å². The number of aromatic nitrogens is 2. The zero-order valence-electron chi connectivity index (χ0n) is 10.7. The van der Waals surface area contributed by atoms with Crippen molar-refractivity contribution >= 4 is 27.5 Å². The van der Waals surface area contributed by atoms with Crippen molar-refractivity contribution in [2.45, 2.75) is 13.1 Å². The quantitative estimate of drug-likeness (QED) is 0.379. The molecule has 3 rings (SSSR count). The number of nitrogens with zero attached hydrogens (tertiary/aromatic N) is 4. The van der Waals surface area contributed by atoms with Crippen LogP contribution in [0.5, 0.6) is 0 Å². The van der Waals surface area contributed by atoms with E-state index in [1.54, 1.807) is 0 Å². The van der Waals surface area contributed by atoms with Crippen LogP contribution in [0.25, 0.3) is 0 Å². The molecule has 2 heterocycles. The molecule has 1 aliphatic heterocycles. The van der Waals surface area contributed by atoms with E-state index in [0.29, 0.717) is 5.56 Å². The molecule has 2 aromatic rings. The average Bonchev–Trinajstić information content (AvgIpc) is 2.93. The number of oxime groups is 1. The number of benzene rings is 1. The lowest BCUT2D eigenvalue weighted by atomic mass is 10.1. The number of amidine groups is 1. The molecule has 6 nitrogen and oxygen atoms in total. The van der Waals surface area contributed by atoms with Crippen molar-refractivity contribution < 1.29 is 5.21 Å². The van der Waals surface area contributed by atoms with Gasteiger partial charge in [0, 0.05) is 41.2 Å². The summed E-state index contributed by atoms with van der Waals surface area (Å²) < 4.78 is 2.97. The van der Waals surface area contributed by atoms with E-state index in [0.717, 1.165) is 35.6 Å². The first-order valence-electron chi connectivity index (χ1n) is 6.21. The highest BCUT2D eigenvalue weighted by Crippen LogP contribution is 2.26. The summed E-state index contributed by atoms with van der Waals surface area (Å²) in [6.45, 7) is 2.63. The molecule has 0 saturated heterocycles. The van der Waals surface area contributed by atoms with Crippen LogP contribution in [0.1, 0.15) is 11.4 Å². The van der Waals surface area contributed by atoms with E-state index in [-0.39, 0.29) is 5.84 Å². The van der Waals surface area contributed by atoms with Gasteiger partial charge >= 0.3 is 0 Å². The van der Waals surface area contributed by atoms with Gasteiger partial charge in [-0.3, -0.25) is 0 Å². The Labute approximate surface area is 124 Å². The van der Waals surface area contributed by atoms with Crippen LogP contribution in [-0.4, -0.2) is 27.1 Å². The van der Waals surface area contributed by atoms with Crippen molar-refractivity contribution in [3.63, 3.8) is 0 Å². The zero-order valence-corrected chi connectivity index (χ0v) is 12.3. The van der Waals surface area contributed by atoms with Crippen molar-refractivity contribution in [3.8, 4) is 0 Å². The van der Waals surface area contributed by atoms with E-state index in [4.69, 9.17) is 10.9 Å². The average molecular weight is 336 g/mol. The number of hydrogen-bond donors (Lipinski definition) is 2. The lowest BCUT2D eigenvalue weighted by molar-refractivity contribution is 0.318. The van der Waals surface area contributed by atoms with Gasteiger partial charge in [0.05, 0.1) is 6.54 Å². The number of rotatable bonds is 2. The van der Waals surface area contributed by atoms with E-state index in [1.165, 1.54) is 0 Å². The minimum Gasteiger partial charge on any atom is -0.409 e. The van der Waals surface area contributed by atoms with E-state index in [1.807, 2.05) is 30.6 Å². The highest BCUT2D eigenvalue weighted by atomic mass is 79.9. The van der Waals surface area contributed by atoms with Crippen LogP contribution in [0.15, 0.2) is 40.2 Å². The van der Waals surface area contributed by atoms with E-state index in [9.17, 15) is 0 Å². The molecule has 3 N–H and O–H groups in total. The van der Waals surface area contributed by atoms with Crippen LogP contribution < -0.4 is 10.6 Å². The van der Waals surface area contributed by atoms with Crippen LogP contribution in [-0.2, 0) is 13.1 Å². The van der Waals surface area contributed by atoms with Crippen molar-refractivity contribution in [1.82, 2.24) is 9.55 Å². The number of anilines is 1. The molecule has 0 unspecified atom stereocenters. The van der Waals surface area contributed by atoms with Crippen molar-refractivity contribution in [1.29, 1.82) is 0 Å². The van der Waals surface area contributed by atoms with E-state index in [2.05, 4.69) is 35.5 Å². The molecule has 1 aliphatic rings. The third-order valence-electron chi connectivity index (χ3n) is 3.45. The molecule has 104 valence electrons. The van der Waals surface area contributed by atoms with Gasteiger partial charge in [-0.1, -0.05) is 5.16 Å². The molecule has 0 spiro atoms. The Kier molecular flexibility index (Phi) is 3.35. The third kappa shape index (κ3) is 2.24. The molecule has 0 radical (unpaired) electrons. The second-order valence-corrected chi connectivity index (χ2v) is 5.46. The van der Waals surface area contributed by atoms with Gasteiger partial charge in [-0.15, -0.1) is 0 Å². The second kappa shape index (κ2) is 5.16. The molecule has 0 amide bonds. The van der Waals surface area contributed by atoms with Crippen LogP contribution >= 0.6 is 15.9 Å². The first-order chi connectivity index (χ1) is 9.69. The Morgan fingerprint density at radius 1 is 1.40 bits per heavy atom. The zero-order chi connectivity index (χ0) is 14.1. The Balaban J connectivity index is 1.87. The van der Waals surface area contributed by atoms with Crippen LogP contribution in [0.2, 0.25) is 0 Å². The summed E-state index contributed by atoms with van der Waals surface area (Å²) in [5, 5.41) is 11.8. The second-order valence-electron chi connectivity index (χ2n) is 4.61. The predicted octanol–water partition coefficient (Wildman–Crippen LogP) is 1.76. The lowest BCUT2D eigenvalue weighted by Crippen LogP contribution is -2.33. The normalized spacial score (nSPS) is 15.2. The molecular weight excluding hydrogens is 322 g/mol. The molecule has 0 atom stereocenters. The molecule has 0 fully saturated rings. The topological polar surface area (TPSA) is 79.7 Å². The first kappa shape index (κ1) is 13.0. The summed E-state index contributed by atoms with van der Waals surface area (Å²) >= 11 is 3.46. The Hall–Kier alpha value is -2.02. The molecule has 0 bridgehead atoms. The van der Waals surface area contributed by atoms with Gasteiger partial charge in [0.25, 0.3) is 0 Å². The molecule has 0 saturated carbocycles. The first-order valence-corrected chi connectivity index (χ1v) is 7.01. The number of hydrogen-bond acceptors (Lipinski definition) is 4. The molecule has 7 heteroatoms. The summed E-state index contributed by atoms with van der Waals surface area (Å²) in [6.07, 6.45) is 3.83. The number of halogens is 1. The molecule has 1 aromatic heterocycles. The maximum atomic E-state index is 8.74. The fourth-order valence-electron chi connectivity index (χ4n) is 2.36. The summed E-state index contributed by atoms with van der Waals surface area (Å²) in [4.78, 5) is 6.60. The summed E-state index contributed by atoms with van der Waals surface area (Å²) in [7, 11) is 0. The SMILES string of the molecule is N/C(=N/O)c1ccc(N2CCn3ccnc3C2)cc1Br. The number of fused-ring (bicyclic) bond motifs is 1. The van der Waals surface area contributed by atoms with Gasteiger partial charge in [-0.25, -0.2) is 4.98 Å². The standard InChI is InChI=1S/C13H14BrN5O/c14-11-7-9(1-2-10(11)13(15)17-20)19-6-5-18-4-3-16-12(18)8-19/h1-4,7,20H,5-6,8H2,(H2,15,17). The molecule has 20 heavy (non-hydrogen) atoms. The summed E-state index contributed by atoms with van der Waals surface area (Å²) in [6, 6.07) is 5.79. The maximum absolute atomic E-state index is 8.74. The minimum atomic E-state index is 0.0950. The highest BCUT2D eigenvalue weighted by molar-refractivity contribution is 9.10. The smallest absolute Gasteiger partial charge is 0.171 e. The molecular formula is C13H14BrN5O. The maximum Gasteiger partial charge on any atom is 0.171 e. The predicted molar refractivity (Wildman–Crippen MR) is 79.9 cm³/mol. The summed E-state index contributed by atoms with van der Waals surface area (Å²) in [5.41, 5.74) is 7.38. The minimum absolute atomic E-state index is 0.0950. The van der Waals surface area contributed by atoms with Gasteiger partial charge < -0.3 is 20.4 Å². The van der Waals surface area contributed by atoms with Gasteiger partial charge in [0.2, 0.25) is 0 Å². The Morgan fingerprint density at radius 2 is 2.25 bits per heavy atom. The fraction of sp³-hybridized carbons (Fsp3) is 0.231. The molecule has 1 aromatic carbocycles. The van der Waals surface area contributed by atoms with Gasteiger partial charge in [0.1, 0.15) is 5.82 Å². The Morgan fingerprint density at radius 3 is 3.00 bits per heavy atom. The molecule has 0 aliphatic carbocycles. The third-order valence-corrected chi connectivity index (χ3v) is 4.10. The van der Waals surface area contributed by atoms with Gasteiger partial charge in [0.15, 0.2) is 5.84 Å². The Bertz CT molecular complexity index is 667. The van der Waals surface area contributed by atoms with Crippen molar-refractivity contribution in [2.75, 3.05) is 11.4 Å². The lowest BCUT2D eigenvalue weighted by Gasteiger charge is -2.29. The van der Waals surface area contributed by atoms with Crippen LogP contribution in [0.3, 0.4) is 0 Å². The summed E-state index contributed by atoms with van der Waals surface area (Å²) in [5.74, 6) is 1.16. The number of imidazole rings is 1. The van der Waals surface area contributed by atoms with Crippen molar-refractivity contribution in [3.05, 3.63) is 46.5 Å². The van der Waals surface area contributed by atoms with Crippen LogP contribution in [0, 0.1) is 0 Å². The monoisotopic (exact) mass is 335 g/mol. The van der Waals surface area contributed by atoms with Crippen molar-refractivity contribution in [2.24, 2.45) is 10.9 Å². The largest absolute Gasteiger partial charge is 0.409 e. The fourth-order valence-corrected chi connectivity index (χ4v) is 2.93.